The third-order valence-corrected chi connectivity index (χ3v) is 4.49. The summed E-state index contributed by atoms with van der Waals surface area (Å²) in [6.45, 7) is 5.84. The van der Waals surface area contributed by atoms with Crippen molar-refractivity contribution in [1.82, 2.24) is 0 Å². The summed E-state index contributed by atoms with van der Waals surface area (Å²) < 4.78 is 0.797. The highest BCUT2D eigenvalue weighted by atomic mass is 35.5. The molecule has 1 heterocycles. The maximum atomic E-state index is 11.6. The van der Waals surface area contributed by atoms with Crippen molar-refractivity contribution in [3.63, 3.8) is 0 Å². The topological polar surface area (TPSA) is 41.1 Å². The van der Waals surface area contributed by atoms with E-state index < -0.39 is 0 Å². The molecular formula is C16H19ClN2OS. The van der Waals surface area contributed by atoms with E-state index in [9.17, 15) is 4.79 Å². The predicted octanol–water partition coefficient (Wildman–Crippen LogP) is 5.17. The van der Waals surface area contributed by atoms with Gasteiger partial charge < -0.3 is 10.6 Å². The smallest absolute Gasteiger partial charge is 0.226 e. The number of anilines is 2. The van der Waals surface area contributed by atoms with Gasteiger partial charge in [-0.15, -0.1) is 11.3 Å². The van der Waals surface area contributed by atoms with Gasteiger partial charge in [-0.2, -0.15) is 0 Å². The number of rotatable bonds is 5. The molecule has 0 spiro atoms. The number of halogens is 1. The van der Waals surface area contributed by atoms with Gasteiger partial charge in [0.1, 0.15) is 0 Å². The second-order valence-corrected chi connectivity index (χ2v) is 6.98. The van der Waals surface area contributed by atoms with Gasteiger partial charge in [0.25, 0.3) is 0 Å². The largest absolute Gasteiger partial charge is 0.378 e. The molecule has 3 nitrogen and oxygen atoms in total. The Labute approximate surface area is 134 Å². The molecule has 1 unspecified atom stereocenters. The van der Waals surface area contributed by atoms with Crippen molar-refractivity contribution in [2.24, 2.45) is 5.92 Å². The molecule has 5 heteroatoms. The summed E-state index contributed by atoms with van der Waals surface area (Å²) in [5.41, 5.74) is 1.82. The van der Waals surface area contributed by atoms with Gasteiger partial charge in [-0.3, -0.25) is 4.79 Å². The van der Waals surface area contributed by atoms with E-state index in [-0.39, 0.29) is 17.9 Å². The second-order valence-electron chi connectivity index (χ2n) is 5.23. The van der Waals surface area contributed by atoms with Crippen molar-refractivity contribution in [2.45, 2.75) is 26.8 Å². The third-order valence-electron chi connectivity index (χ3n) is 3.08. The van der Waals surface area contributed by atoms with Crippen molar-refractivity contribution in [2.75, 3.05) is 10.6 Å². The lowest BCUT2D eigenvalue weighted by Gasteiger charge is -2.14. The number of benzene rings is 1. The highest BCUT2D eigenvalue weighted by molar-refractivity contribution is 7.16. The Morgan fingerprint density at radius 2 is 1.67 bits per heavy atom. The molecule has 1 aromatic heterocycles. The van der Waals surface area contributed by atoms with Gasteiger partial charge in [0.2, 0.25) is 5.91 Å². The van der Waals surface area contributed by atoms with E-state index in [2.05, 4.69) is 17.6 Å². The number of carbonyl (C=O) groups excluding carboxylic acids is 1. The lowest BCUT2D eigenvalue weighted by molar-refractivity contribution is -0.118. The number of hydrogen-bond donors (Lipinski definition) is 2. The Morgan fingerprint density at radius 3 is 2.19 bits per heavy atom. The first-order valence-corrected chi connectivity index (χ1v) is 8.08. The molecule has 21 heavy (non-hydrogen) atoms. The molecule has 112 valence electrons. The number of hydrogen-bond acceptors (Lipinski definition) is 3. The van der Waals surface area contributed by atoms with Crippen LogP contribution >= 0.6 is 22.9 Å². The van der Waals surface area contributed by atoms with Crippen molar-refractivity contribution < 1.29 is 4.79 Å². The molecule has 2 rings (SSSR count). The van der Waals surface area contributed by atoms with Crippen LogP contribution < -0.4 is 10.6 Å². The van der Waals surface area contributed by atoms with E-state index >= 15 is 0 Å². The Hall–Kier alpha value is -1.52. The Bertz CT molecular complexity index is 607. The van der Waals surface area contributed by atoms with Gasteiger partial charge in [0, 0.05) is 22.2 Å². The minimum Gasteiger partial charge on any atom is -0.378 e. The Kier molecular flexibility index (Phi) is 5.26. The van der Waals surface area contributed by atoms with Crippen LogP contribution in [0.4, 0.5) is 11.4 Å². The molecule has 0 aliphatic carbocycles. The van der Waals surface area contributed by atoms with E-state index in [0.29, 0.717) is 0 Å². The van der Waals surface area contributed by atoms with Crippen LogP contribution in [0.15, 0.2) is 36.4 Å². The molecule has 1 aromatic carbocycles. The van der Waals surface area contributed by atoms with Crippen molar-refractivity contribution in [3.05, 3.63) is 45.6 Å². The van der Waals surface area contributed by atoms with Crippen LogP contribution in [0.25, 0.3) is 0 Å². The minimum absolute atomic E-state index is 0.0219. The molecule has 0 aliphatic heterocycles. The fraction of sp³-hybridized carbons (Fsp3) is 0.312. The van der Waals surface area contributed by atoms with Crippen LogP contribution in [0.1, 0.15) is 31.7 Å². The normalized spacial score (nSPS) is 12.2. The highest BCUT2D eigenvalue weighted by Crippen LogP contribution is 2.29. The van der Waals surface area contributed by atoms with Crippen LogP contribution in [0.5, 0.6) is 0 Å². The lowest BCUT2D eigenvalue weighted by Crippen LogP contribution is -2.17. The monoisotopic (exact) mass is 322 g/mol. The molecule has 2 N–H and O–H groups in total. The molecule has 1 atom stereocenters. The lowest BCUT2D eigenvalue weighted by atomic mass is 10.2. The average molecular weight is 323 g/mol. The third kappa shape index (κ3) is 4.48. The standard InChI is InChI=1S/C16H19ClN2OS/c1-10(2)16(20)19-13-6-4-12(5-7-13)18-11(3)14-8-9-15(17)21-14/h4-11,18H,1-3H3,(H,19,20). The summed E-state index contributed by atoms with van der Waals surface area (Å²) in [5.74, 6) is 0.00343. The zero-order valence-electron chi connectivity index (χ0n) is 12.3. The molecule has 0 saturated heterocycles. The molecule has 0 saturated carbocycles. The minimum atomic E-state index is -0.0219. The van der Waals surface area contributed by atoms with E-state index in [1.54, 1.807) is 11.3 Å². The van der Waals surface area contributed by atoms with Gasteiger partial charge in [-0.05, 0) is 43.3 Å². The van der Waals surface area contributed by atoms with Crippen LogP contribution in [-0.2, 0) is 4.79 Å². The molecule has 2 aromatic rings. The maximum absolute atomic E-state index is 11.6. The molecule has 0 aliphatic rings. The highest BCUT2D eigenvalue weighted by Gasteiger charge is 2.09. The second kappa shape index (κ2) is 6.96. The van der Waals surface area contributed by atoms with Gasteiger partial charge >= 0.3 is 0 Å². The van der Waals surface area contributed by atoms with Gasteiger partial charge in [0.05, 0.1) is 10.4 Å². The van der Waals surface area contributed by atoms with Crippen molar-refractivity contribution in [1.29, 1.82) is 0 Å². The zero-order valence-corrected chi connectivity index (χ0v) is 13.9. The number of nitrogens with one attached hydrogen (secondary N) is 2. The molecule has 0 radical (unpaired) electrons. The summed E-state index contributed by atoms with van der Waals surface area (Å²) in [7, 11) is 0. The fourth-order valence-electron chi connectivity index (χ4n) is 1.82. The van der Waals surface area contributed by atoms with Gasteiger partial charge in [0.15, 0.2) is 0 Å². The first kappa shape index (κ1) is 15.9. The first-order valence-electron chi connectivity index (χ1n) is 6.88. The van der Waals surface area contributed by atoms with Crippen LogP contribution in [0.2, 0.25) is 4.34 Å². The maximum Gasteiger partial charge on any atom is 0.226 e. The van der Waals surface area contributed by atoms with Crippen LogP contribution in [0.3, 0.4) is 0 Å². The number of amides is 1. The average Bonchev–Trinajstić information content (AvgIpc) is 2.87. The summed E-state index contributed by atoms with van der Waals surface area (Å²) in [6, 6.07) is 11.8. The van der Waals surface area contributed by atoms with E-state index in [1.807, 2.05) is 50.2 Å². The van der Waals surface area contributed by atoms with E-state index in [1.165, 1.54) is 4.88 Å². The Morgan fingerprint density at radius 1 is 1.05 bits per heavy atom. The molecule has 0 fully saturated rings. The molecular weight excluding hydrogens is 304 g/mol. The summed E-state index contributed by atoms with van der Waals surface area (Å²) >= 11 is 7.53. The quantitative estimate of drug-likeness (QED) is 0.797. The van der Waals surface area contributed by atoms with E-state index in [0.717, 1.165) is 15.7 Å². The molecule has 0 bridgehead atoms. The van der Waals surface area contributed by atoms with Gasteiger partial charge in [-0.25, -0.2) is 0 Å². The van der Waals surface area contributed by atoms with E-state index in [4.69, 9.17) is 11.6 Å². The summed E-state index contributed by atoms with van der Waals surface area (Å²) in [5, 5.41) is 6.29. The molecule has 1 amide bonds. The van der Waals surface area contributed by atoms with Gasteiger partial charge in [-0.1, -0.05) is 25.4 Å². The SMILES string of the molecule is CC(C)C(=O)Nc1ccc(NC(C)c2ccc(Cl)s2)cc1. The fourth-order valence-corrected chi connectivity index (χ4v) is 2.88. The Balaban J connectivity index is 1.97. The van der Waals surface area contributed by atoms with Crippen LogP contribution in [-0.4, -0.2) is 5.91 Å². The van der Waals surface area contributed by atoms with Crippen molar-refractivity contribution in [3.8, 4) is 0 Å². The van der Waals surface area contributed by atoms with Crippen molar-refractivity contribution >= 4 is 40.2 Å². The number of carbonyl (C=O) groups is 1. The summed E-state index contributed by atoms with van der Waals surface area (Å²) in [6.07, 6.45) is 0. The first-order chi connectivity index (χ1) is 9.95. The van der Waals surface area contributed by atoms with Crippen LogP contribution in [0, 0.1) is 5.92 Å². The zero-order chi connectivity index (χ0) is 15.4. The predicted molar refractivity (Wildman–Crippen MR) is 91.3 cm³/mol. The number of thiophene rings is 1. The summed E-state index contributed by atoms with van der Waals surface area (Å²) in [4.78, 5) is 12.8.